The molecular formula is C22H25F2N7O2. The zero-order chi connectivity index (χ0) is 23.0. The fraction of sp³-hybridized carbons (Fsp3) is 0.364. The molecule has 2 aromatic heterocycles. The van der Waals surface area contributed by atoms with Crippen LogP contribution in [0.1, 0.15) is 18.1 Å². The first kappa shape index (κ1) is 22.6. The summed E-state index contributed by atoms with van der Waals surface area (Å²) in [6.45, 7) is -0.832. The van der Waals surface area contributed by atoms with Gasteiger partial charge in [-0.2, -0.15) is 13.9 Å². The smallest absolute Gasteiger partial charge is 0.387 e. The van der Waals surface area contributed by atoms with Gasteiger partial charge in [0.15, 0.2) is 5.82 Å². The first-order chi connectivity index (χ1) is 16.1. The molecule has 0 amide bonds. The van der Waals surface area contributed by atoms with Crippen LogP contribution in [0.5, 0.6) is 5.75 Å². The van der Waals surface area contributed by atoms with E-state index in [9.17, 15) is 8.78 Å². The maximum absolute atomic E-state index is 12.5. The second-order valence-electron chi connectivity index (χ2n) is 7.52. The number of nitrogens with zero attached hydrogens (tertiary/aromatic N) is 5. The Labute approximate surface area is 190 Å². The highest BCUT2D eigenvalue weighted by Crippen LogP contribution is 2.24. The van der Waals surface area contributed by atoms with Crippen LogP contribution in [-0.2, 0) is 4.74 Å². The van der Waals surface area contributed by atoms with E-state index in [1.165, 1.54) is 12.1 Å². The van der Waals surface area contributed by atoms with Gasteiger partial charge in [-0.3, -0.25) is 0 Å². The van der Waals surface area contributed by atoms with Gasteiger partial charge >= 0.3 is 6.61 Å². The molecule has 9 nitrogen and oxygen atoms in total. The summed E-state index contributed by atoms with van der Waals surface area (Å²) >= 11 is 0. The summed E-state index contributed by atoms with van der Waals surface area (Å²) < 4.78 is 34.9. The van der Waals surface area contributed by atoms with Crippen LogP contribution in [0.25, 0.3) is 0 Å². The fourth-order valence-electron chi connectivity index (χ4n) is 3.69. The zero-order valence-electron chi connectivity index (χ0n) is 18.1. The van der Waals surface area contributed by atoms with Crippen LogP contribution in [0.4, 0.5) is 26.2 Å². The summed E-state index contributed by atoms with van der Waals surface area (Å²) in [5.74, 6) is 2.23. The Balaban J connectivity index is 1.30. The lowest BCUT2D eigenvalue weighted by Crippen LogP contribution is -2.27. The predicted molar refractivity (Wildman–Crippen MR) is 120 cm³/mol. The molecule has 0 unspecified atom stereocenters. The van der Waals surface area contributed by atoms with Crippen molar-refractivity contribution in [2.24, 2.45) is 0 Å². The topological polar surface area (TPSA) is 97.3 Å². The minimum absolute atomic E-state index is 0.0893. The van der Waals surface area contributed by atoms with Crippen LogP contribution in [-0.4, -0.2) is 59.8 Å². The van der Waals surface area contributed by atoms with E-state index < -0.39 is 6.61 Å². The Morgan fingerprint density at radius 1 is 1.09 bits per heavy atom. The Bertz CT molecular complexity index is 1010. The highest BCUT2D eigenvalue weighted by atomic mass is 19.3. The van der Waals surface area contributed by atoms with Crippen molar-refractivity contribution >= 4 is 17.5 Å². The first-order valence-corrected chi connectivity index (χ1v) is 10.5. The van der Waals surface area contributed by atoms with E-state index in [2.05, 4.69) is 40.7 Å². The molecule has 4 rings (SSSR count). The molecular weight excluding hydrogens is 432 g/mol. The van der Waals surface area contributed by atoms with E-state index in [-0.39, 0.29) is 17.9 Å². The van der Waals surface area contributed by atoms with Crippen LogP contribution in [0, 0.1) is 0 Å². The number of methoxy groups -OCH3 is 1. The van der Waals surface area contributed by atoms with Gasteiger partial charge in [-0.1, -0.05) is 12.1 Å². The third kappa shape index (κ3) is 6.22. The van der Waals surface area contributed by atoms with Crippen molar-refractivity contribution < 1.29 is 18.3 Å². The molecule has 174 valence electrons. The molecule has 0 spiro atoms. The van der Waals surface area contributed by atoms with Gasteiger partial charge in [-0.25, -0.2) is 0 Å². The zero-order valence-corrected chi connectivity index (χ0v) is 18.1. The SMILES string of the molecule is CO[C@H](CNc1ccc(N2CC[C@@H](Nc3cccnn3)C2)nn1)c1cccc(OC(F)F)c1. The van der Waals surface area contributed by atoms with Crippen molar-refractivity contribution in [2.45, 2.75) is 25.2 Å². The molecule has 1 aliphatic heterocycles. The minimum Gasteiger partial charge on any atom is -0.435 e. The van der Waals surface area contributed by atoms with Crippen molar-refractivity contribution in [1.29, 1.82) is 0 Å². The molecule has 2 N–H and O–H groups in total. The number of hydrogen-bond acceptors (Lipinski definition) is 9. The van der Waals surface area contributed by atoms with Gasteiger partial charge in [-0.05, 0) is 48.4 Å². The van der Waals surface area contributed by atoms with Gasteiger partial charge in [0.2, 0.25) is 0 Å². The van der Waals surface area contributed by atoms with Crippen LogP contribution >= 0.6 is 0 Å². The highest BCUT2D eigenvalue weighted by molar-refractivity contribution is 5.46. The largest absolute Gasteiger partial charge is 0.435 e. The Morgan fingerprint density at radius 2 is 2.00 bits per heavy atom. The molecule has 33 heavy (non-hydrogen) atoms. The van der Waals surface area contributed by atoms with E-state index in [0.29, 0.717) is 17.9 Å². The van der Waals surface area contributed by atoms with Crippen molar-refractivity contribution in [3.63, 3.8) is 0 Å². The first-order valence-electron chi connectivity index (χ1n) is 10.5. The number of nitrogens with one attached hydrogen (secondary N) is 2. The molecule has 0 radical (unpaired) electrons. The molecule has 3 aromatic rings. The van der Waals surface area contributed by atoms with E-state index >= 15 is 0 Å². The van der Waals surface area contributed by atoms with Gasteiger partial charge in [0.1, 0.15) is 17.4 Å². The van der Waals surface area contributed by atoms with Gasteiger partial charge in [0.05, 0.1) is 6.10 Å². The molecule has 1 aromatic carbocycles. The summed E-state index contributed by atoms with van der Waals surface area (Å²) in [6, 6.07) is 14.2. The summed E-state index contributed by atoms with van der Waals surface area (Å²) in [5.41, 5.74) is 0.714. The van der Waals surface area contributed by atoms with Gasteiger partial charge in [0.25, 0.3) is 0 Å². The molecule has 0 bridgehead atoms. The summed E-state index contributed by atoms with van der Waals surface area (Å²) in [7, 11) is 1.56. The average Bonchev–Trinajstić information content (AvgIpc) is 3.29. The predicted octanol–water partition coefficient (Wildman–Crippen LogP) is 3.36. The summed E-state index contributed by atoms with van der Waals surface area (Å²) in [6.07, 6.45) is 2.23. The fourth-order valence-corrected chi connectivity index (χ4v) is 3.69. The highest BCUT2D eigenvalue weighted by Gasteiger charge is 2.24. The number of ether oxygens (including phenoxy) is 2. The van der Waals surface area contributed by atoms with Crippen molar-refractivity contribution in [2.75, 3.05) is 42.3 Å². The lowest BCUT2D eigenvalue weighted by atomic mass is 10.1. The standard InChI is InChI=1S/C22H25F2N7O2/c1-32-18(15-4-2-5-17(12-15)33-22(23)24)13-25-19-7-8-21(30-29-19)31-11-9-16(14-31)27-20-6-3-10-26-28-20/h2-8,10,12,16,18,22H,9,11,13-14H2,1H3,(H,25,29)(H,27,28)/t16-,18-/m1/s1. The maximum Gasteiger partial charge on any atom is 0.387 e. The number of aromatic nitrogens is 4. The van der Waals surface area contributed by atoms with Crippen LogP contribution < -0.4 is 20.3 Å². The van der Waals surface area contributed by atoms with Crippen LogP contribution in [0.3, 0.4) is 0 Å². The second kappa shape index (κ2) is 10.8. The Kier molecular flexibility index (Phi) is 7.40. The molecule has 1 aliphatic rings. The van der Waals surface area contributed by atoms with Crippen LogP contribution in [0.2, 0.25) is 0 Å². The quantitative estimate of drug-likeness (QED) is 0.475. The number of anilines is 3. The number of alkyl halides is 2. The van der Waals surface area contributed by atoms with E-state index in [1.54, 1.807) is 25.4 Å². The third-order valence-electron chi connectivity index (χ3n) is 5.30. The lowest BCUT2D eigenvalue weighted by Gasteiger charge is -2.19. The van der Waals surface area contributed by atoms with E-state index in [4.69, 9.17) is 4.74 Å². The minimum atomic E-state index is -2.87. The normalized spacial score (nSPS) is 16.6. The third-order valence-corrected chi connectivity index (χ3v) is 5.30. The molecule has 0 aliphatic carbocycles. The molecule has 1 fully saturated rings. The van der Waals surface area contributed by atoms with Crippen LogP contribution in [0.15, 0.2) is 54.7 Å². The molecule has 2 atom stereocenters. The number of rotatable bonds is 10. The Hall–Kier alpha value is -3.60. The lowest BCUT2D eigenvalue weighted by molar-refractivity contribution is -0.0500. The summed E-state index contributed by atoms with van der Waals surface area (Å²) in [5, 5.41) is 23.1. The van der Waals surface area contributed by atoms with Crippen molar-refractivity contribution in [3.05, 3.63) is 60.3 Å². The Morgan fingerprint density at radius 3 is 2.73 bits per heavy atom. The second-order valence-corrected chi connectivity index (χ2v) is 7.52. The molecule has 11 heteroatoms. The van der Waals surface area contributed by atoms with Gasteiger partial charge < -0.3 is 25.0 Å². The number of benzene rings is 1. The average molecular weight is 457 g/mol. The molecule has 1 saturated heterocycles. The number of halogens is 2. The van der Waals surface area contributed by atoms with Crippen molar-refractivity contribution in [1.82, 2.24) is 20.4 Å². The summed E-state index contributed by atoms with van der Waals surface area (Å²) in [4.78, 5) is 2.16. The van der Waals surface area contributed by atoms with Gasteiger partial charge in [0, 0.05) is 39.0 Å². The number of hydrogen-bond donors (Lipinski definition) is 2. The monoisotopic (exact) mass is 457 g/mol. The van der Waals surface area contributed by atoms with Gasteiger partial charge in [-0.15, -0.1) is 15.3 Å². The van der Waals surface area contributed by atoms with Crippen molar-refractivity contribution in [3.8, 4) is 5.75 Å². The molecule has 3 heterocycles. The molecule has 0 saturated carbocycles. The van der Waals surface area contributed by atoms with E-state index in [1.807, 2.05) is 24.3 Å². The van der Waals surface area contributed by atoms with E-state index in [0.717, 1.165) is 31.1 Å². The maximum atomic E-state index is 12.5.